The van der Waals surface area contributed by atoms with Gasteiger partial charge in [-0.25, -0.2) is 9.97 Å². The lowest BCUT2D eigenvalue weighted by molar-refractivity contribution is 0.397. The largest absolute Gasteiger partial charge is 0.481 e. The first-order valence-corrected chi connectivity index (χ1v) is 7.07. The van der Waals surface area contributed by atoms with E-state index >= 15 is 0 Å². The summed E-state index contributed by atoms with van der Waals surface area (Å²) in [6.07, 6.45) is 6.94. The van der Waals surface area contributed by atoms with Crippen molar-refractivity contribution in [3.8, 4) is 17.1 Å². The molecule has 0 bridgehead atoms. The van der Waals surface area contributed by atoms with E-state index in [1.54, 1.807) is 13.4 Å². The molecule has 0 spiro atoms. The molecule has 0 atom stereocenters. The van der Waals surface area contributed by atoms with Crippen LogP contribution in [0.15, 0.2) is 18.6 Å². The van der Waals surface area contributed by atoms with Crippen molar-refractivity contribution in [1.29, 1.82) is 0 Å². The van der Waals surface area contributed by atoms with Gasteiger partial charge in [0.2, 0.25) is 5.88 Å². The molecule has 2 aromatic heterocycles. The first kappa shape index (κ1) is 13.0. The van der Waals surface area contributed by atoms with Crippen molar-refractivity contribution in [2.24, 2.45) is 0 Å². The average molecular weight is 269 g/mol. The van der Waals surface area contributed by atoms with E-state index in [-0.39, 0.29) is 0 Å². The molecule has 4 heteroatoms. The van der Waals surface area contributed by atoms with Crippen molar-refractivity contribution in [1.82, 2.24) is 15.0 Å². The number of methoxy groups -OCH3 is 1. The number of hydrogen-bond donors (Lipinski definition) is 0. The Labute approximate surface area is 119 Å². The van der Waals surface area contributed by atoms with Gasteiger partial charge in [0.1, 0.15) is 6.33 Å². The topological polar surface area (TPSA) is 47.9 Å². The standard InChI is InChI=1S/C16H19N3O/c1-10(2)16-11-5-4-6-13(11)17-8-12(16)14-7-15(20-3)19-9-18-14/h7-10H,4-6H2,1-3H3. The van der Waals surface area contributed by atoms with Crippen LogP contribution in [0.5, 0.6) is 5.88 Å². The number of aryl methyl sites for hydroxylation is 1. The Balaban J connectivity index is 2.18. The van der Waals surface area contributed by atoms with E-state index in [9.17, 15) is 0 Å². The molecule has 104 valence electrons. The van der Waals surface area contributed by atoms with Crippen LogP contribution >= 0.6 is 0 Å². The lowest BCUT2D eigenvalue weighted by Crippen LogP contribution is -2.03. The highest BCUT2D eigenvalue weighted by molar-refractivity contribution is 5.66. The average Bonchev–Trinajstić information content (AvgIpc) is 2.94. The molecule has 0 saturated heterocycles. The van der Waals surface area contributed by atoms with Crippen LogP contribution in [0.25, 0.3) is 11.3 Å². The van der Waals surface area contributed by atoms with Gasteiger partial charge in [-0.3, -0.25) is 4.98 Å². The summed E-state index contributed by atoms with van der Waals surface area (Å²) < 4.78 is 5.20. The van der Waals surface area contributed by atoms with Crippen molar-refractivity contribution < 1.29 is 4.74 Å². The lowest BCUT2D eigenvalue weighted by atomic mass is 9.91. The van der Waals surface area contributed by atoms with E-state index in [1.807, 2.05) is 12.3 Å². The second-order valence-corrected chi connectivity index (χ2v) is 5.46. The van der Waals surface area contributed by atoms with Crippen molar-refractivity contribution in [2.75, 3.05) is 7.11 Å². The smallest absolute Gasteiger partial charge is 0.216 e. The van der Waals surface area contributed by atoms with Crippen molar-refractivity contribution in [3.05, 3.63) is 35.4 Å². The van der Waals surface area contributed by atoms with E-state index < -0.39 is 0 Å². The Hall–Kier alpha value is -1.97. The zero-order valence-electron chi connectivity index (χ0n) is 12.2. The fourth-order valence-electron chi connectivity index (χ4n) is 3.00. The first-order chi connectivity index (χ1) is 9.70. The molecule has 0 radical (unpaired) electrons. The fourth-order valence-corrected chi connectivity index (χ4v) is 3.00. The molecule has 1 aliphatic rings. The molecule has 1 aliphatic carbocycles. The molecule has 4 nitrogen and oxygen atoms in total. The zero-order valence-corrected chi connectivity index (χ0v) is 12.2. The highest BCUT2D eigenvalue weighted by Crippen LogP contribution is 2.36. The number of fused-ring (bicyclic) bond motifs is 1. The molecule has 0 saturated carbocycles. The van der Waals surface area contributed by atoms with Crippen LogP contribution in [-0.4, -0.2) is 22.1 Å². The molecule has 0 N–H and O–H groups in total. The molecule has 2 aromatic rings. The first-order valence-electron chi connectivity index (χ1n) is 7.07. The fraction of sp³-hybridized carbons (Fsp3) is 0.438. The lowest BCUT2D eigenvalue weighted by Gasteiger charge is -2.17. The zero-order chi connectivity index (χ0) is 14.1. The highest BCUT2D eigenvalue weighted by atomic mass is 16.5. The van der Waals surface area contributed by atoms with Gasteiger partial charge in [-0.2, -0.15) is 0 Å². The summed E-state index contributed by atoms with van der Waals surface area (Å²) in [5.74, 6) is 1.05. The molecule has 0 aromatic carbocycles. The van der Waals surface area contributed by atoms with Crippen LogP contribution in [0.4, 0.5) is 0 Å². The van der Waals surface area contributed by atoms with Crippen LogP contribution in [0.3, 0.4) is 0 Å². The Morgan fingerprint density at radius 3 is 2.75 bits per heavy atom. The normalized spacial score (nSPS) is 13.6. The van der Waals surface area contributed by atoms with E-state index in [4.69, 9.17) is 4.74 Å². The second kappa shape index (κ2) is 5.19. The molecular formula is C16H19N3O. The SMILES string of the molecule is COc1cc(-c2cnc3c(c2C(C)C)CCC3)ncn1. The van der Waals surface area contributed by atoms with Crippen molar-refractivity contribution in [2.45, 2.75) is 39.0 Å². The Morgan fingerprint density at radius 2 is 2.00 bits per heavy atom. The minimum absolute atomic E-state index is 0.459. The van der Waals surface area contributed by atoms with Crippen molar-refractivity contribution >= 4 is 0 Å². The summed E-state index contributed by atoms with van der Waals surface area (Å²) in [5.41, 5.74) is 6.07. The van der Waals surface area contributed by atoms with Gasteiger partial charge in [0.05, 0.1) is 12.8 Å². The number of pyridine rings is 1. The third-order valence-electron chi connectivity index (χ3n) is 3.86. The third-order valence-corrected chi connectivity index (χ3v) is 3.86. The molecule has 2 heterocycles. The van der Waals surface area contributed by atoms with Gasteiger partial charge >= 0.3 is 0 Å². The third kappa shape index (κ3) is 2.15. The minimum atomic E-state index is 0.459. The monoisotopic (exact) mass is 269 g/mol. The summed E-state index contributed by atoms with van der Waals surface area (Å²) in [7, 11) is 1.62. The molecular weight excluding hydrogens is 250 g/mol. The predicted molar refractivity (Wildman–Crippen MR) is 77.9 cm³/mol. The predicted octanol–water partition coefficient (Wildman–Crippen LogP) is 3.16. The van der Waals surface area contributed by atoms with Crippen LogP contribution < -0.4 is 4.74 Å². The van der Waals surface area contributed by atoms with E-state index in [0.717, 1.165) is 24.1 Å². The molecule has 20 heavy (non-hydrogen) atoms. The molecule has 3 rings (SSSR count). The van der Waals surface area contributed by atoms with Crippen molar-refractivity contribution in [3.63, 3.8) is 0 Å². The summed E-state index contributed by atoms with van der Waals surface area (Å²) in [5, 5.41) is 0. The van der Waals surface area contributed by atoms with E-state index in [2.05, 4.69) is 28.8 Å². The van der Waals surface area contributed by atoms with Crippen LogP contribution in [0.1, 0.15) is 43.0 Å². The quantitative estimate of drug-likeness (QED) is 0.858. The number of ether oxygens (including phenoxy) is 1. The Kier molecular flexibility index (Phi) is 3.38. The number of hydrogen-bond acceptors (Lipinski definition) is 4. The van der Waals surface area contributed by atoms with Gasteiger partial charge in [0.25, 0.3) is 0 Å². The van der Waals surface area contributed by atoms with E-state index in [1.165, 1.54) is 23.2 Å². The molecule has 0 unspecified atom stereocenters. The number of aromatic nitrogens is 3. The maximum Gasteiger partial charge on any atom is 0.216 e. The van der Waals surface area contributed by atoms with Gasteiger partial charge in [-0.05, 0) is 36.3 Å². The summed E-state index contributed by atoms with van der Waals surface area (Å²) in [4.78, 5) is 13.1. The Bertz CT molecular complexity index is 638. The van der Waals surface area contributed by atoms with Gasteiger partial charge in [-0.15, -0.1) is 0 Å². The number of nitrogens with zero attached hydrogens (tertiary/aromatic N) is 3. The summed E-state index contributed by atoms with van der Waals surface area (Å²) in [6.45, 7) is 4.46. The maximum atomic E-state index is 5.20. The van der Waals surface area contributed by atoms with Gasteiger partial charge in [-0.1, -0.05) is 13.8 Å². The van der Waals surface area contributed by atoms with E-state index in [0.29, 0.717) is 11.8 Å². The minimum Gasteiger partial charge on any atom is -0.481 e. The van der Waals surface area contributed by atoms with Crippen LogP contribution in [0, 0.1) is 0 Å². The second-order valence-electron chi connectivity index (χ2n) is 5.46. The highest BCUT2D eigenvalue weighted by Gasteiger charge is 2.22. The van der Waals surface area contributed by atoms with Crippen LogP contribution in [-0.2, 0) is 12.8 Å². The maximum absolute atomic E-state index is 5.20. The molecule has 0 amide bonds. The van der Waals surface area contributed by atoms with Gasteiger partial charge in [0.15, 0.2) is 0 Å². The number of rotatable bonds is 3. The molecule has 0 aliphatic heterocycles. The van der Waals surface area contributed by atoms with Crippen LogP contribution in [0.2, 0.25) is 0 Å². The summed E-state index contributed by atoms with van der Waals surface area (Å²) in [6, 6.07) is 1.88. The Morgan fingerprint density at radius 1 is 1.15 bits per heavy atom. The van der Waals surface area contributed by atoms with Gasteiger partial charge < -0.3 is 4.74 Å². The van der Waals surface area contributed by atoms with Gasteiger partial charge in [0, 0.05) is 23.5 Å². The summed E-state index contributed by atoms with van der Waals surface area (Å²) >= 11 is 0. The molecule has 0 fully saturated rings.